The van der Waals surface area contributed by atoms with Crippen LogP contribution in [0, 0.1) is 25.6 Å². The molecule has 21 nitrogen and oxygen atoms in total. The maximum Gasteiger partial charge on any atom is 0.373 e. The van der Waals surface area contributed by atoms with E-state index in [1.54, 1.807) is 23.6 Å². The molecule has 2 saturated heterocycles. The second-order valence-electron chi connectivity index (χ2n) is 11.8. The highest BCUT2D eigenvalue weighted by atomic mass is 16.6. The largest absolute Gasteiger partial charge is 0.384 e. The molecule has 308 valence electrons. The van der Waals surface area contributed by atoms with Crippen molar-refractivity contribution in [2.45, 2.75) is 87.9 Å². The van der Waals surface area contributed by atoms with Gasteiger partial charge in [0.15, 0.2) is 0 Å². The predicted molar refractivity (Wildman–Crippen MR) is 210 cm³/mol. The summed E-state index contributed by atoms with van der Waals surface area (Å²) < 4.78 is 0. The van der Waals surface area contributed by atoms with E-state index in [4.69, 9.17) is 32.2 Å². The second-order valence-corrected chi connectivity index (χ2v) is 11.8. The van der Waals surface area contributed by atoms with Crippen LogP contribution in [-0.4, -0.2) is 125 Å². The minimum absolute atomic E-state index is 0. The Balaban J connectivity index is -0.000000334. The number of amides is 2. The third-order valence-electron chi connectivity index (χ3n) is 6.21. The van der Waals surface area contributed by atoms with Crippen LogP contribution >= 0.6 is 0 Å². The van der Waals surface area contributed by atoms with Gasteiger partial charge in [-0.2, -0.15) is 9.59 Å². The van der Waals surface area contributed by atoms with Gasteiger partial charge in [0.25, 0.3) is 11.8 Å². The Kier molecular flexibility index (Phi) is 31.7. The van der Waals surface area contributed by atoms with Gasteiger partial charge in [-0.15, -0.1) is 0 Å². The smallest absolute Gasteiger partial charge is 0.373 e. The molecule has 0 aliphatic carbocycles. The minimum atomic E-state index is -0.735. The van der Waals surface area contributed by atoms with E-state index in [1.807, 2.05) is 34.6 Å². The van der Waals surface area contributed by atoms with Gasteiger partial charge in [-0.3, -0.25) is 36.5 Å². The van der Waals surface area contributed by atoms with Gasteiger partial charge < -0.3 is 51.7 Å². The Morgan fingerprint density at radius 1 is 0.796 bits per heavy atom. The number of nitrogens with two attached hydrogens (primary N) is 3. The molecule has 2 fully saturated rings. The highest BCUT2D eigenvalue weighted by Gasteiger charge is 2.22. The fourth-order valence-electron chi connectivity index (χ4n) is 4.11. The molecule has 0 bridgehead atoms. The van der Waals surface area contributed by atoms with E-state index in [2.05, 4.69) is 25.9 Å². The molecule has 0 atom stereocenters. The first-order valence-corrected chi connectivity index (χ1v) is 16.5. The van der Waals surface area contributed by atoms with E-state index in [0.29, 0.717) is 57.1 Å². The Bertz CT molecular complexity index is 1370. The number of rotatable bonds is 12. The maximum absolute atomic E-state index is 12.2. The summed E-state index contributed by atoms with van der Waals surface area (Å²) >= 11 is 0. The molecule has 2 heterocycles. The number of amidine groups is 1. The summed E-state index contributed by atoms with van der Waals surface area (Å²) in [6.45, 7) is 18.7. The summed E-state index contributed by atoms with van der Waals surface area (Å²) in [7, 11) is 0. The molecule has 2 aliphatic heterocycles. The normalized spacial score (nSPS) is 15.0. The van der Waals surface area contributed by atoms with Gasteiger partial charge in [-0.25, -0.2) is 0 Å². The first kappa shape index (κ1) is 55.2. The molecule has 2 aliphatic rings. The van der Waals surface area contributed by atoms with E-state index in [0.717, 1.165) is 19.2 Å². The van der Waals surface area contributed by atoms with Gasteiger partial charge >= 0.3 is 17.8 Å². The number of piperazine rings is 2. The van der Waals surface area contributed by atoms with Crippen molar-refractivity contribution >= 4 is 35.2 Å². The van der Waals surface area contributed by atoms with Crippen molar-refractivity contribution < 1.29 is 29.0 Å². The Hall–Kier alpha value is -5.53. The lowest BCUT2D eigenvalue weighted by molar-refractivity contribution is -0.426. The molecule has 2 rings (SSSR count). The maximum atomic E-state index is 12.2. The number of nitro groups is 2. The van der Waals surface area contributed by atoms with Crippen LogP contribution in [-0.2, 0) is 19.2 Å². The molecule has 0 unspecified atom stereocenters. The summed E-state index contributed by atoms with van der Waals surface area (Å²) in [5, 5.41) is 37.3. The van der Waals surface area contributed by atoms with Crippen LogP contribution in [0.2, 0.25) is 0 Å². The van der Waals surface area contributed by atoms with Crippen LogP contribution in [0.4, 0.5) is 0 Å². The highest BCUT2D eigenvalue weighted by Crippen LogP contribution is 2.04. The number of nitrogens with one attached hydrogen (secondary N) is 4. The Morgan fingerprint density at radius 3 is 1.52 bits per heavy atom. The van der Waals surface area contributed by atoms with Crippen molar-refractivity contribution in [3.8, 4) is 0 Å². The minimum Gasteiger partial charge on any atom is -0.384 e. The summed E-state index contributed by atoms with van der Waals surface area (Å²) in [5.41, 5.74) is 16.8. The molecule has 21 heteroatoms. The predicted octanol–water partition coefficient (Wildman–Crippen LogP) is 0.592. The summed E-state index contributed by atoms with van der Waals surface area (Å²) in [4.78, 5) is 71.7. The van der Waals surface area contributed by atoms with Crippen LogP contribution in [0.15, 0.2) is 45.6 Å². The number of aliphatic imine (C=N–C) groups is 2. The SMILES string of the molecule is C.C.CC(C)N/C(=C\C(=N)N)C(=O)N1CCNCC1.CC(C)N=C(C=C(N)[N+](=O)[O-])C(=O)N1CCNCC1.CCC(C=C(N)[N+](=O)[O-])=NC(C)C.O=C=O. The molecule has 0 spiro atoms. The van der Waals surface area contributed by atoms with Gasteiger partial charge in [0.2, 0.25) is 0 Å². The van der Waals surface area contributed by atoms with Crippen molar-refractivity contribution in [2.24, 2.45) is 27.2 Å². The standard InChI is InChI=1S/C11H19N5O3.C11H21N5O.C8H15N3O2.CO2.2CH4/c1-8(2)14-9(7-10(12)16(18)19)11(17)15-5-3-13-4-6-15;1-8(2)15-9(7-10(12)13)11(17)16-5-3-14-4-6-16;1-4-7(10-6(2)3)5-8(9)11(12)13;2-1-3;;/h7-8,13H,3-6,12H2,1-2H3;7-8,14-15H,3-6H2,1-2H3,(H3,12,13);5-6H,4,9H2,1-3H3;;2*1H4/b;9-7-;;;;. The van der Waals surface area contributed by atoms with Crippen molar-refractivity contribution in [3.05, 3.63) is 55.8 Å². The second kappa shape index (κ2) is 31.0. The number of hydrogen-bond acceptors (Lipinski definition) is 16. The van der Waals surface area contributed by atoms with Crippen molar-refractivity contribution in [1.29, 1.82) is 5.41 Å². The monoisotopic (exact) mass is 769 g/mol. The molecule has 2 amide bonds. The van der Waals surface area contributed by atoms with Crippen LogP contribution in [0.1, 0.15) is 69.7 Å². The molecule has 0 saturated carbocycles. The molecule has 10 N–H and O–H groups in total. The lowest BCUT2D eigenvalue weighted by Gasteiger charge is -2.29. The summed E-state index contributed by atoms with van der Waals surface area (Å²) in [6, 6.07) is 0.121. The zero-order valence-electron chi connectivity index (χ0n) is 31.0. The Labute approximate surface area is 318 Å². The summed E-state index contributed by atoms with van der Waals surface area (Å²) in [6.07, 6.45) is 4.61. The zero-order chi connectivity index (χ0) is 40.4. The third kappa shape index (κ3) is 26.3. The zero-order valence-corrected chi connectivity index (χ0v) is 31.0. The number of carbonyl (C=O) groups excluding carboxylic acids is 4. The molecular weight excluding hydrogens is 706 g/mol. The first-order valence-electron chi connectivity index (χ1n) is 16.5. The third-order valence-corrected chi connectivity index (χ3v) is 6.21. The topological polar surface area (TPSA) is 324 Å². The molecule has 0 aromatic heterocycles. The highest BCUT2D eigenvalue weighted by molar-refractivity contribution is 6.43. The quantitative estimate of drug-likeness (QED) is 0.0470. The van der Waals surface area contributed by atoms with Crippen molar-refractivity contribution in [3.63, 3.8) is 0 Å². The average Bonchev–Trinajstić information content (AvgIpc) is 3.07. The van der Waals surface area contributed by atoms with E-state index >= 15 is 0 Å². The number of hydrogen-bond donors (Lipinski definition) is 7. The molecule has 54 heavy (non-hydrogen) atoms. The van der Waals surface area contributed by atoms with Gasteiger partial charge in [0, 0.05) is 82.3 Å². The number of carbonyl (C=O) groups is 2. The van der Waals surface area contributed by atoms with Gasteiger partial charge in [-0.1, -0.05) is 21.8 Å². The lowest BCUT2D eigenvalue weighted by atomic mass is 10.2. The van der Waals surface area contributed by atoms with Crippen LogP contribution in [0.25, 0.3) is 0 Å². The first-order chi connectivity index (χ1) is 24.3. The average molecular weight is 770 g/mol. The number of nitrogens with zero attached hydrogens (tertiary/aromatic N) is 6. The fraction of sp³-hybridized carbons (Fsp3) is 0.636. The molecule has 0 aromatic carbocycles. The molecular formula is C33H63N13O8. The van der Waals surface area contributed by atoms with Crippen molar-refractivity contribution in [1.82, 2.24) is 25.8 Å². The lowest BCUT2D eigenvalue weighted by Crippen LogP contribution is -2.49. The Morgan fingerprint density at radius 2 is 1.19 bits per heavy atom. The van der Waals surface area contributed by atoms with Gasteiger partial charge in [-0.05, 0) is 57.8 Å². The van der Waals surface area contributed by atoms with Crippen LogP contribution in [0.3, 0.4) is 0 Å². The van der Waals surface area contributed by atoms with Crippen molar-refractivity contribution in [2.75, 3.05) is 52.4 Å². The van der Waals surface area contributed by atoms with E-state index < -0.39 is 15.7 Å². The van der Waals surface area contributed by atoms with E-state index in [-0.39, 0.29) is 68.3 Å². The molecule has 0 aromatic rings. The fourth-order valence-corrected chi connectivity index (χ4v) is 4.11. The molecule has 0 radical (unpaired) electrons. The van der Waals surface area contributed by atoms with E-state index in [9.17, 15) is 29.8 Å². The van der Waals surface area contributed by atoms with Crippen LogP contribution < -0.4 is 33.2 Å². The van der Waals surface area contributed by atoms with Gasteiger partial charge in [0.05, 0.1) is 12.2 Å². The summed E-state index contributed by atoms with van der Waals surface area (Å²) in [5.74, 6) is -1.46. The number of allylic oxidation sites excluding steroid dienone is 1. The van der Waals surface area contributed by atoms with Crippen LogP contribution in [0.5, 0.6) is 0 Å². The van der Waals surface area contributed by atoms with Gasteiger partial charge in [0.1, 0.15) is 17.2 Å². The van der Waals surface area contributed by atoms with E-state index in [1.165, 1.54) is 12.2 Å².